The summed E-state index contributed by atoms with van der Waals surface area (Å²) in [6.45, 7) is 2.38. The van der Waals surface area contributed by atoms with E-state index in [1.165, 1.54) is 0 Å². The van der Waals surface area contributed by atoms with Gasteiger partial charge in [0.05, 0.1) is 11.6 Å². The molecule has 1 aliphatic heterocycles. The maximum absolute atomic E-state index is 11.6. The highest BCUT2D eigenvalue weighted by molar-refractivity contribution is 5.76. The van der Waals surface area contributed by atoms with E-state index in [-0.39, 0.29) is 5.91 Å². The van der Waals surface area contributed by atoms with Gasteiger partial charge in [-0.05, 0) is 36.7 Å². The van der Waals surface area contributed by atoms with Gasteiger partial charge < -0.3 is 10.6 Å². The fourth-order valence-electron chi connectivity index (χ4n) is 1.78. The van der Waals surface area contributed by atoms with Crippen LogP contribution in [0.3, 0.4) is 0 Å². The van der Waals surface area contributed by atoms with Gasteiger partial charge in [-0.25, -0.2) is 0 Å². The Hall–Kier alpha value is -1.86. The van der Waals surface area contributed by atoms with Gasteiger partial charge in [-0.3, -0.25) is 4.79 Å². The van der Waals surface area contributed by atoms with Gasteiger partial charge in [0.25, 0.3) is 0 Å². The first-order chi connectivity index (χ1) is 8.28. The number of benzene rings is 1. The molecule has 1 aromatic rings. The number of rotatable bonds is 4. The van der Waals surface area contributed by atoms with Crippen LogP contribution in [-0.2, 0) is 11.3 Å². The molecule has 1 saturated heterocycles. The van der Waals surface area contributed by atoms with Gasteiger partial charge in [0.2, 0.25) is 5.91 Å². The standard InChI is InChI=1S/C13H15N3O/c14-6-10-2-1-3-11(4-10)9-16-13(17)5-12-7-15-8-12/h1-4,12,15H,5,7-9H2,(H,16,17). The maximum atomic E-state index is 11.6. The molecule has 88 valence electrons. The highest BCUT2D eigenvalue weighted by Gasteiger charge is 2.19. The zero-order valence-electron chi connectivity index (χ0n) is 9.57. The molecule has 0 saturated carbocycles. The molecule has 0 aromatic heterocycles. The Balaban J connectivity index is 1.80. The quantitative estimate of drug-likeness (QED) is 0.802. The van der Waals surface area contributed by atoms with Crippen LogP contribution in [0.1, 0.15) is 17.5 Å². The van der Waals surface area contributed by atoms with E-state index >= 15 is 0 Å². The summed E-state index contributed by atoms with van der Waals surface area (Å²) < 4.78 is 0. The molecule has 2 rings (SSSR count). The van der Waals surface area contributed by atoms with Crippen LogP contribution < -0.4 is 10.6 Å². The van der Waals surface area contributed by atoms with Gasteiger partial charge >= 0.3 is 0 Å². The summed E-state index contributed by atoms with van der Waals surface area (Å²) in [5.41, 5.74) is 1.59. The Kier molecular flexibility index (Phi) is 3.73. The Morgan fingerprint density at radius 1 is 1.53 bits per heavy atom. The van der Waals surface area contributed by atoms with Crippen molar-refractivity contribution in [2.45, 2.75) is 13.0 Å². The summed E-state index contributed by atoms with van der Waals surface area (Å²) in [6.07, 6.45) is 0.588. The molecule has 1 aromatic carbocycles. The molecule has 0 atom stereocenters. The average Bonchev–Trinajstić information content (AvgIpc) is 2.31. The van der Waals surface area contributed by atoms with Crippen molar-refractivity contribution in [3.63, 3.8) is 0 Å². The van der Waals surface area contributed by atoms with Crippen molar-refractivity contribution in [1.82, 2.24) is 10.6 Å². The highest BCUT2D eigenvalue weighted by Crippen LogP contribution is 2.08. The maximum Gasteiger partial charge on any atom is 0.220 e. The summed E-state index contributed by atoms with van der Waals surface area (Å²) in [4.78, 5) is 11.6. The van der Waals surface area contributed by atoms with E-state index in [9.17, 15) is 4.79 Å². The minimum Gasteiger partial charge on any atom is -0.352 e. The first kappa shape index (κ1) is 11.6. The van der Waals surface area contributed by atoms with Crippen molar-refractivity contribution in [1.29, 1.82) is 5.26 Å². The van der Waals surface area contributed by atoms with Crippen LogP contribution >= 0.6 is 0 Å². The third-order valence-corrected chi connectivity index (χ3v) is 2.89. The molecule has 0 bridgehead atoms. The van der Waals surface area contributed by atoms with E-state index < -0.39 is 0 Å². The predicted molar refractivity (Wildman–Crippen MR) is 64.0 cm³/mol. The normalized spacial score (nSPS) is 14.8. The molecule has 0 spiro atoms. The topological polar surface area (TPSA) is 64.9 Å². The van der Waals surface area contributed by atoms with Crippen molar-refractivity contribution in [3.8, 4) is 6.07 Å². The van der Waals surface area contributed by atoms with Crippen molar-refractivity contribution in [2.24, 2.45) is 5.92 Å². The first-order valence-corrected chi connectivity index (χ1v) is 5.74. The Morgan fingerprint density at radius 3 is 3.00 bits per heavy atom. The number of nitrogens with zero attached hydrogens (tertiary/aromatic N) is 1. The van der Waals surface area contributed by atoms with E-state index in [0.29, 0.717) is 24.4 Å². The Morgan fingerprint density at radius 2 is 2.35 bits per heavy atom. The smallest absolute Gasteiger partial charge is 0.220 e. The zero-order chi connectivity index (χ0) is 12.1. The second kappa shape index (κ2) is 5.46. The lowest BCUT2D eigenvalue weighted by Crippen LogP contribution is -2.44. The Labute approximate surface area is 101 Å². The van der Waals surface area contributed by atoms with Gasteiger partial charge in [0, 0.05) is 13.0 Å². The minimum atomic E-state index is 0.0823. The van der Waals surface area contributed by atoms with Gasteiger partial charge in [-0.15, -0.1) is 0 Å². The summed E-state index contributed by atoms with van der Waals surface area (Å²) in [5.74, 6) is 0.569. The summed E-state index contributed by atoms with van der Waals surface area (Å²) in [7, 11) is 0. The van der Waals surface area contributed by atoms with E-state index in [1.807, 2.05) is 12.1 Å². The molecule has 0 radical (unpaired) electrons. The van der Waals surface area contributed by atoms with Crippen LogP contribution in [0.2, 0.25) is 0 Å². The van der Waals surface area contributed by atoms with Crippen LogP contribution in [0.5, 0.6) is 0 Å². The fraction of sp³-hybridized carbons (Fsp3) is 0.385. The average molecular weight is 229 g/mol. The zero-order valence-corrected chi connectivity index (χ0v) is 9.57. The SMILES string of the molecule is N#Cc1cccc(CNC(=O)CC2CNC2)c1. The third kappa shape index (κ3) is 3.30. The van der Waals surface area contributed by atoms with E-state index in [4.69, 9.17) is 5.26 Å². The van der Waals surface area contributed by atoms with Crippen LogP contribution in [-0.4, -0.2) is 19.0 Å². The molecule has 1 fully saturated rings. The molecule has 4 nitrogen and oxygen atoms in total. The van der Waals surface area contributed by atoms with Crippen LogP contribution in [0.15, 0.2) is 24.3 Å². The fourth-order valence-corrected chi connectivity index (χ4v) is 1.78. The van der Waals surface area contributed by atoms with Crippen LogP contribution in [0, 0.1) is 17.2 Å². The van der Waals surface area contributed by atoms with Gasteiger partial charge in [0.1, 0.15) is 0 Å². The summed E-state index contributed by atoms with van der Waals surface area (Å²) in [6, 6.07) is 9.37. The van der Waals surface area contributed by atoms with E-state index in [2.05, 4.69) is 16.7 Å². The number of hydrogen-bond donors (Lipinski definition) is 2. The number of carbonyl (C=O) groups is 1. The molecule has 4 heteroatoms. The monoisotopic (exact) mass is 229 g/mol. The van der Waals surface area contributed by atoms with E-state index in [1.54, 1.807) is 12.1 Å². The first-order valence-electron chi connectivity index (χ1n) is 5.74. The van der Waals surface area contributed by atoms with Crippen LogP contribution in [0.4, 0.5) is 0 Å². The Bertz CT molecular complexity index is 446. The molecular weight excluding hydrogens is 214 g/mol. The van der Waals surface area contributed by atoms with Crippen LogP contribution in [0.25, 0.3) is 0 Å². The molecule has 1 amide bonds. The van der Waals surface area contributed by atoms with Gasteiger partial charge in [-0.2, -0.15) is 5.26 Å². The van der Waals surface area contributed by atoms with Crippen molar-refractivity contribution in [3.05, 3.63) is 35.4 Å². The van der Waals surface area contributed by atoms with Crippen molar-refractivity contribution in [2.75, 3.05) is 13.1 Å². The lowest BCUT2D eigenvalue weighted by molar-refractivity contribution is -0.122. The second-order valence-corrected chi connectivity index (χ2v) is 4.32. The third-order valence-electron chi connectivity index (χ3n) is 2.89. The number of carbonyl (C=O) groups excluding carboxylic acids is 1. The molecule has 0 aliphatic carbocycles. The highest BCUT2D eigenvalue weighted by atomic mass is 16.1. The number of nitriles is 1. The molecule has 1 heterocycles. The molecule has 2 N–H and O–H groups in total. The van der Waals surface area contributed by atoms with Crippen molar-refractivity contribution >= 4 is 5.91 Å². The lowest BCUT2D eigenvalue weighted by Gasteiger charge is -2.26. The molecular formula is C13H15N3O. The second-order valence-electron chi connectivity index (χ2n) is 4.32. The number of amides is 1. The predicted octanol–water partition coefficient (Wildman–Crippen LogP) is 0.784. The van der Waals surface area contributed by atoms with Gasteiger partial charge in [-0.1, -0.05) is 12.1 Å². The van der Waals surface area contributed by atoms with Gasteiger partial charge in [0.15, 0.2) is 0 Å². The minimum absolute atomic E-state index is 0.0823. The summed E-state index contributed by atoms with van der Waals surface area (Å²) >= 11 is 0. The largest absolute Gasteiger partial charge is 0.352 e. The summed E-state index contributed by atoms with van der Waals surface area (Å²) in [5, 5.41) is 14.8. The lowest BCUT2D eigenvalue weighted by atomic mass is 9.99. The number of nitrogens with one attached hydrogen (secondary N) is 2. The number of hydrogen-bond acceptors (Lipinski definition) is 3. The molecule has 0 unspecified atom stereocenters. The molecule has 1 aliphatic rings. The van der Waals surface area contributed by atoms with Crippen molar-refractivity contribution < 1.29 is 4.79 Å². The van der Waals surface area contributed by atoms with E-state index in [0.717, 1.165) is 18.7 Å². The molecule has 17 heavy (non-hydrogen) atoms.